The van der Waals surface area contributed by atoms with Crippen molar-refractivity contribution in [3.05, 3.63) is 29.7 Å². The molecule has 0 radical (unpaired) electrons. The highest BCUT2D eigenvalue weighted by molar-refractivity contribution is 6.02. The van der Waals surface area contributed by atoms with Crippen molar-refractivity contribution in [3.8, 4) is 0 Å². The summed E-state index contributed by atoms with van der Waals surface area (Å²) >= 11 is 0. The Labute approximate surface area is 163 Å². The van der Waals surface area contributed by atoms with Gasteiger partial charge in [0.1, 0.15) is 17.6 Å². The summed E-state index contributed by atoms with van der Waals surface area (Å²) in [5.41, 5.74) is 1.14. The molecule has 0 spiro atoms. The Morgan fingerprint density at radius 2 is 2.00 bits per heavy atom. The fourth-order valence-electron chi connectivity index (χ4n) is 3.86. The van der Waals surface area contributed by atoms with Gasteiger partial charge in [0.05, 0.1) is 5.69 Å². The van der Waals surface area contributed by atoms with E-state index in [9.17, 15) is 9.59 Å². The number of aryl methyl sites for hydroxylation is 2. The van der Waals surface area contributed by atoms with Gasteiger partial charge in [-0.3, -0.25) is 19.2 Å². The third-order valence-electron chi connectivity index (χ3n) is 5.26. The van der Waals surface area contributed by atoms with Crippen LogP contribution in [-0.2, 0) is 11.8 Å². The topological polar surface area (TPSA) is 96.3 Å². The number of hydrogen-bond acceptors (Lipinski definition) is 6. The molecule has 1 unspecified atom stereocenters. The van der Waals surface area contributed by atoms with Crippen molar-refractivity contribution in [2.45, 2.75) is 38.6 Å². The lowest BCUT2D eigenvalue weighted by Crippen LogP contribution is -2.53. The molecule has 2 amide bonds. The van der Waals surface area contributed by atoms with Crippen molar-refractivity contribution in [2.75, 3.05) is 29.4 Å². The molecule has 2 saturated heterocycles. The zero-order chi connectivity index (χ0) is 19.7. The number of amides is 2. The molecule has 1 N–H and O–H groups in total. The van der Waals surface area contributed by atoms with E-state index in [1.807, 2.05) is 20.0 Å². The van der Waals surface area contributed by atoms with Gasteiger partial charge in [0.2, 0.25) is 5.95 Å². The van der Waals surface area contributed by atoms with Gasteiger partial charge in [-0.1, -0.05) is 0 Å². The summed E-state index contributed by atoms with van der Waals surface area (Å²) < 4.78 is 1.70. The number of rotatable bonds is 4. The van der Waals surface area contributed by atoms with Crippen molar-refractivity contribution in [2.24, 2.45) is 7.05 Å². The normalized spacial score (nSPS) is 19.9. The van der Waals surface area contributed by atoms with Gasteiger partial charge in [-0.05, 0) is 38.7 Å². The van der Waals surface area contributed by atoms with Crippen LogP contribution in [-0.4, -0.2) is 57.2 Å². The molecule has 2 aromatic heterocycles. The number of carbonyl (C=O) groups excluding carboxylic acids is 2. The first-order chi connectivity index (χ1) is 13.5. The first-order valence-electron chi connectivity index (χ1n) is 9.74. The summed E-state index contributed by atoms with van der Waals surface area (Å²) in [5, 5.41) is 7.18. The van der Waals surface area contributed by atoms with Crippen LogP contribution in [0, 0.1) is 6.92 Å². The summed E-state index contributed by atoms with van der Waals surface area (Å²) in [5.74, 6) is 0.868. The van der Waals surface area contributed by atoms with E-state index in [0.717, 1.165) is 43.9 Å². The fraction of sp³-hybridized carbons (Fsp3) is 0.526. The van der Waals surface area contributed by atoms with E-state index in [1.165, 1.54) is 0 Å². The van der Waals surface area contributed by atoms with E-state index >= 15 is 0 Å². The number of carbonyl (C=O) groups is 2. The van der Waals surface area contributed by atoms with Gasteiger partial charge in [0.25, 0.3) is 11.8 Å². The molecule has 4 rings (SSSR count). The predicted molar refractivity (Wildman–Crippen MR) is 104 cm³/mol. The minimum Gasteiger partial charge on any atom is -0.341 e. The van der Waals surface area contributed by atoms with Crippen molar-refractivity contribution in [1.82, 2.24) is 25.1 Å². The maximum atomic E-state index is 13.0. The highest BCUT2D eigenvalue weighted by Gasteiger charge is 2.32. The van der Waals surface area contributed by atoms with Crippen LogP contribution in [0.25, 0.3) is 0 Å². The molecular formula is C19H25N7O2. The van der Waals surface area contributed by atoms with Crippen LogP contribution in [0.15, 0.2) is 18.3 Å². The van der Waals surface area contributed by atoms with Crippen LogP contribution in [0.5, 0.6) is 0 Å². The van der Waals surface area contributed by atoms with Crippen molar-refractivity contribution in [3.63, 3.8) is 0 Å². The molecule has 0 saturated carbocycles. The lowest BCUT2D eigenvalue weighted by molar-refractivity contribution is -0.121. The smallest absolute Gasteiger partial charge is 0.270 e. The number of anilines is 2. The number of piperidine rings is 1. The zero-order valence-electron chi connectivity index (χ0n) is 16.3. The van der Waals surface area contributed by atoms with Crippen LogP contribution >= 0.6 is 0 Å². The number of nitrogens with one attached hydrogen (secondary N) is 1. The second-order valence-electron chi connectivity index (χ2n) is 7.36. The van der Waals surface area contributed by atoms with Crippen molar-refractivity contribution < 1.29 is 9.59 Å². The molecule has 9 heteroatoms. The van der Waals surface area contributed by atoms with Crippen LogP contribution in [0.1, 0.15) is 41.9 Å². The summed E-state index contributed by atoms with van der Waals surface area (Å²) in [6.45, 7) is 4.33. The second-order valence-corrected chi connectivity index (χ2v) is 7.36. The molecule has 2 aliphatic heterocycles. The molecule has 0 aromatic carbocycles. The second kappa shape index (κ2) is 7.57. The fourth-order valence-corrected chi connectivity index (χ4v) is 3.86. The largest absolute Gasteiger partial charge is 0.341 e. The van der Waals surface area contributed by atoms with Crippen LogP contribution in [0.4, 0.5) is 11.8 Å². The zero-order valence-corrected chi connectivity index (χ0v) is 16.3. The Kier molecular flexibility index (Phi) is 4.97. The molecule has 9 nitrogen and oxygen atoms in total. The van der Waals surface area contributed by atoms with Crippen molar-refractivity contribution >= 4 is 23.6 Å². The van der Waals surface area contributed by atoms with Gasteiger partial charge >= 0.3 is 0 Å². The van der Waals surface area contributed by atoms with Crippen LogP contribution in [0.2, 0.25) is 0 Å². The molecule has 0 aliphatic carbocycles. The van der Waals surface area contributed by atoms with Gasteiger partial charge < -0.3 is 10.2 Å². The monoisotopic (exact) mass is 383 g/mol. The van der Waals surface area contributed by atoms with Gasteiger partial charge in [0, 0.05) is 38.9 Å². The molecular weight excluding hydrogens is 358 g/mol. The number of nitrogens with zero attached hydrogens (tertiary/aromatic N) is 6. The van der Waals surface area contributed by atoms with E-state index in [4.69, 9.17) is 0 Å². The van der Waals surface area contributed by atoms with Gasteiger partial charge in [-0.25, -0.2) is 9.97 Å². The molecule has 2 fully saturated rings. The third-order valence-corrected chi connectivity index (χ3v) is 5.26. The van der Waals surface area contributed by atoms with E-state index in [-0.39, 0.29) is 11.8 Å². The highest BCUT2D eigenvalue weighted by atomic mass is 16.2. The van der Waals surface area contributed by atoms with Crippen molar-refractivity contribution in [1.29, 1.82) is 0 Å². The van der Waals surface area contributed by atoms with E-state index in [1.54, 1.807) is 21.8 Å². The molecule has 28 heavy (non-hydrogen) atoms. The van der Waals surface area contributed by atoms with Crippen LogP contribution < -0.4 is 15.1 Å². The molecule has 0 bridgehead atoms. The lowest BCUT2D eigenvalue weighted by Gasteiger charge is -2.32. The summed E-state index contributed by atoms with van der Waals surface area (Å²) in [6, 6.07) is 2.90. The third kappa shape index (κ3) is 3.56. The number of aromatic nitrogens is 4. The van der Waals surface area contributed by atoms with E-state index < -0.39 is 6.04 Å². The molecule has 2 aromatic rings. The van der Waals surface area contributed by atoms with Gasteiger partial charge in [0.15, 0.2) is 0 Å². The first-order valence-corrected chi connectivity index (χ1v) is 9.74. The first kappa shape index (κ1) is 18.4. The lowest BCUT2D eigenvalue weighted by atomic mass is 10.0. The number of hydrogen-bond donors (Lipinski definition) is 1. The predicted octanol–water partition coefficient (Wildman–Crippen LogP) is 1.04. The Balaban J connectivity index is 1.47. The standard InChI is InChI=1S/C19H25N7O2/c1-13-12-16(24(2)23-13)26-11-5-6-15(18(26)28)21-17(27)14-7-8-20-19(22-14)25-9-3-4-10-25/h7-8,12,15H,3-6,9-11H2,1-2H3,(H,21,27). The SMILES string of the molecule is Cc1cc(N2CCCC(NC(=O)c3ccnc(N4CCCC4)n3)C2=O)n(C)n1. The maximum Gasteiger partial charge on any atom is 0.270 e. The Morgan fingerprint density at radius 3 is 2.71 bits per heavy atom. The maximum absolute atomic E-state index is 13.0. The van der Waals surface area contributed by atoms with Gasteiger partial charge in [-0.15, -0.1) is 0 Å². The Morgan fingerprint density at radius 1 is 1.21 bits per heavy atom. The average molecular weight is 383 g/mol. The van der Waals surface area contributed by atoms with E-state index in [2.05, 4.69) is 25.3 Å². The van der Waals surface area contributed by atoms with Crippen LogP contribution in [0.3, 0.4) is 0 Å². The average Bonchev–Trinajstić information content (AvgIpc) is 3.33. The summed E-state index contributed by atoms with van der Waals surface area (Å²) in [6.07, 6.45) is 5.24. The molecule has 2 aliphatic rings. The molecule has 4 heterocycles. The Bertz CT molecular complexity index is 888. The molecule has 1 atom stereocenters. The minimum absolute atomic E-state index is 0.114. The summed E-state index contributed by atoms with van der Waals surface area (Å²) in [7, 11) is 1.82. The quantitative estimate of drug-likeness (QED) is 0.848. The highest BCUT2D eigenvalue weighted by Crippen LogP contribution is 2.22. The minimum atomic E-state index is -0.568. The van der Waals surface area contributed by atoms with Gasteiger partial charge in [-0.2, -0.15) is 5.10 Å². The molecule has 148 valence electrons. The van der Waals surface area contributed by atoms with E-state index in [0.29, 0.717) is 24.6 Å². The Hall–Kier alpha value is -2.97. The summed E-state index contributed by atoms with van der Waals surface area (Å²) in [4.78, 5) is 38.2.